The van der Waals surface area contributed by atoms with Crippen LogP contribution in [0.15, 0.2) is 36.4 Å². The van der Waals surface area contributed by atoms with Gasteiger partial charge in [0.25, 0.3) is 0 Å². The van der Waals surface area contributed by atoms with Gasteiger partial charge in [0, 0.05) is 70.0 Å². The van der Waals surface area contributed by atoms with Crippen LogP contribution in [0.25, 0.3) is 0 Å². The van der Waals surface area contributed by atoms with Gasteiger partial charge in [0.2, 0.25) is 5.91 Å². The number of hydrogen-bond acceptors (Lipinski definition) is 6. The van der Waals surface area contributed by atoms with E-state index in [0.717, 1.165) is 67.8 Å². The highest BCUT2D eigenvalue weighted by Gasteiger charge is 2.35. The summed E-state index contributed by atoms with van der Waals surface area (Å²) in [5.74, 6) is -0.0670. The molecule has 2 aromatic rings. The van der Waals surface area contributed by atoms with Crippen molar-refractivity contribution in [1.82, 2.24) is 29.8 Å². The number of likely N-dealkylation sites (tertiary alicyclic amines) is 2. The van der Waals surface area contributed by atoms with E-state index in [1.165, 1.54) is 0 Å². The second kappa shape index (κ2) is 14.7. The number of carbonyl (C=O) groups is 3. The summed E-state index contributed by atoms with van der Waals surface area (Å²) >= 11 is 6.42. The highest BCUT2D eigenvalue weighted by atomic mass is 35.5. The molecule has 0 spiro atoms. The summed E-state index contributed by atoms with van der Waals surface area (Å²) in [5.41, 5.74) is 10.3. The summed E-state index contributed by atoms with van der Waals surface area (Å²) in [5, 5.41) is 6.61. The molecule has 0 bridgehead atoms. The molecule has 4 aliphatic rings. The summed E-state index contributed by atoms with van der Waals surface area (Å²) < 4.78 is 0. The van der Waals surface area contributed by atoms with Gasteiger partial charge >= 0.3 is 12.1 Å². The fourth-order valence-electron chi connectivity index (χ4n) is 7.63. The molecule has 1 atom stereocenters. The van der Waals surface area contributed by atoms with E-state index in [9.17, 15) is 14.4 Å². The van der Waals surface area contributed by atoms with Crippen LogP contribution >= 0.6 is 11.6 Å². The van der Waals surface area contributed by atoms with Crippen LogP contribution in [0.5, 0.6) is 0 Å². The number of nitrogens with one attached hydrogen (secondary N) is 2. The molecular weight excluding hydrogens is 616 g/mol. The van der Waals surface area contributed by atoms with Gasteiger partial charge in [0.05, 0.1) is 10.7 Å². The van der Waals surface area contributed by atoms with Crippen LogP contribution in [0.4, 0.5) is 21.0 Å². The smallest absolute Gasteiger partial charge is 0.322 e. The van der Waals surface area contributed by atoms with Gasteiger partial charge in [0.15, 0.2) is 0 Å². The van der Waals surface area contributed by atoms with Crippen molar-refractivity contribution >= 4 is 40.9 Å². The molecule has 5 amide bonds. The second-order valence-electron chi connectivity index (χ2n) is 13.7. The number of piperidine rings is 2. The topological polar surface area (TPSA) is 117 Å². The highest BCUT2D eigenvalue weighted by Crippen LogP contribution is 2.27. The first-order chi connectivity index (χ1) is 22.7. The Hall–Kier alpha value is -3.54. The molecule has 3 saturated heterocycles. The van der Waals surface area contributed by atoms with Crippen molar-refractivity contribution < 1.29 is 14.4 Å². The zero-order valence-corrected chi connectivity index (χ0v) is 28.5. The Labute approximate surface area is 283 Å². The molecule has 4 aliphatic heterocycles. The third kappa shape index (κ3) is 7.79. The lowest BCUT2D eigenvalue weighted by Gasteiger charge is -2.43. The number of urea groups is 2. The first-order valence-corrected chi connectivity index (χ1v) is 17.5. The van der Waals surface area contributed by atoms with Gasteiger partial charge < -0.3 is 36.0 Å². The van der Waals surface area contributed by atoms with Gasteiger partial charge in [-0.05, 0) is 88.0 Å². The maximum Gasteiger partial charge on any atom is 0.322 e. The van der Waals surface area contributed by atoms with Crippen molar-refractivity contribution in [3.8, 4) is 0 Å². The number of hydrogen-bond donors (Lipinski definition) is 3. The van der Waals surface area contributed by atoms with Crippen LogP contribution in [0.1, 0.15) is 42.4 Å². The first kappa shape index (κ1) is 33.4. The summed E-state index contributed by atoms with van der Waals surface area (Å²) in [4.78, 5) is 51.4. The number of benzene rings is 2. The number of nitrogens with two attached hydrogens (primary N) is 1. The molecular formula is C35H49ClN8O3. The normalized spacial score (nSPS) is 21.2. The number of rotatable bonds is 6. The fraction of sp³-hybridized carbons (Fsp3) is 0.571. The van der Waals surface area contributed by atoms with E-state index in [-0.39, 0.29) is 24.0 Å². The van der Waals surface area contributed by atoms with Gasteiger partial charge in [-0.15, -0.1) is 0 Å². The third-order valence-corrected chi connectivity index (χ3v) is 10.9. The van der Waals surface area contributed by atoms with Crippen LogP contribution in [-0.2, 0) is 17.6 Å². The lowest BCUT2D eigenvalue weighted by molar-refractivity contribution is -0.135. The number of halogens is 1. The van der Waals surface area contributed by atoms with Crippen molar-refractivity contribution in [2.45, 2.75) is 63.6 Å². The summed E-state index contributed by atoms with van der Waals surface area (Å²) in [6, 6.07) is 11.2. The van der Waals surface area contributed by atoms with E-state index in [4.69, 9.17) is 17.3 Å². The minimum absolute atomic E-state index is 0.0477. The average Bonchev–Trinajstić information content (AvgIpc) is 3.25. The zero-order valence-electron chi connectivity index (χ0n) is 27.7. The number of nitrogens with zero attached hydrogens (tertiary/aromatic N) is 5. The molecule has 6 rings (SSSR count). The Morgan fingerprint density at radius 1 is 0.936 bits per heavy atom. The maximum absolute atomic E-state index is 14.1. The standard InChI is InChI=1S/C35H49ClN8O3/c1-24-21-25(22-29(36)32(24)37)23-31(33(45)42-19-17-41(18-20-42)27-8-12-40(2)13-9-27)39-34(46)43-14-10-28(11-15-43)44-16-7-26-5-3-4-6-30(26)38-35(44)47/h3-6,21-22,27-28,31H,7-20,23,37H2,1-2H3,(H,38,47)(H,39,46)/t31-/m0/s1. The van der Waals surface area contributed by atoms with Crippen LogP contribution in [0.3, 0.4) is 0 Å². The molecule has 0 aromatic heterocycles. The molecule has 0 radical (unpaired) electrons. The predicted molar refractivity (Wildman–Crippen MR) is 186 cm³/mol. The van der Waals surface area contributed by atoms with E-state index in [0.29, 0.717) is 68.7 Å². The van der Waals surface area contributed by atoms with Crippen molar-refractivity contribution in [2.24, 2.45) is 0 Å². The Morgan fingerprint density at radius 2 is 1.62 bits per heavy atom. The van der Waals surface area contributed by atoms with Crippen LogP contribution < -0.4 is 16.4 Å². The third-order valence-electron chi connectivity index (χ3n) is 10.6. The highest BCUT2D eigenvalue weighted by molar-refractivity contribution is 6.33. The second-order valence-corrected chi connectivity index (χ2v) is 14.1. The van der Waals surface area contributed by atoms with Gasteiger partial charge in [-0.1, -0.05) is 35.9 Å². The largest absolute Gasteiger partial charge is 0.397 e. The average molecular weight is 665 g/mol. The molecule has 11 nitrogen and oxygen atoms in total. The quantitative estimate of drug-likeness (QED) is 0.406. The van der Waals surface area contributed by atoms with E-state index in [2.05, 4.69) is 33.5 Å². The van der Waals surface area contributed by atoms with Crippen molar-refractivity contribution in [3.05, 3.63) is 58.1 Å². The van der Waals surface area contributed by atoms with E-state index >= 15 is 0 Å². The Bertz CT molecular complexity index is 1430. The van der Waals surface area contributed by atoms with E-state index in [1.807, 2.05) is 41.0 Å². The van der Waals surface area contributed by atoms with Crippen LogP contribution in [0.2, 0.25) is 5.02 Å². The molecule has 47 heavy (non-hydrogen) atoms. The lowest BCUT2D eigenvalue weighted by atomic mass is 10.0. The molecule has 4 heterocycles. The van der Waals surface area contributed by atoms with Crippen molar-refractivity contribution in [3.63, 3.8) is 0 Å². The number of amides is 5. The molecule has 2 aromatic carbocycles. The van der Waals surface area contributed by atoms with Crippen LogP contribution in [-0.4, -0.2) is 127 Å². The minimum Gasteiger partial charge on any atom is -0.397 e. The molecule has 0 unspecified atom stereocenters. The first-order valence-electron chi connectivity index (χ1n) is 17.1. The SMILES string of the molecule is Cc1cc(C[C@H](NC(=O)N2CCC(N3CCc4ccccc4NC3=O)CC2)C(=O)N2CCN(C3CCN(C)CC3)CC2)cc(Cl)c1N. The van der Waals surface area contributed by atoms with Gasteiger partial charge in [0.1, 0.15) is 6.04 Å². The Morgan fingerprint density at radius 3 is 2.32 bits per heavy atom. The summed E-state index contributed by atoms with van der Waals surface area (Å²) in [6.45, 7) is 8.76. The predicted octanol–water partition coefficient (Wildman–Crippen LogP) is 3.64. The van der Waals surface area contributed by atoms with E-state index in [1.54, 1.807) is 11.0 Å². The number of aryl methyl sites for hydroxylation is 1. The van der Waals surface area contributed by atoms with Gasteiger partial charge in [-0.2, -0.15) is 0 Å². The Kier molecular flexibility index (Phi) is 10.4. The van der Waals surface area contributed by atoms with Crippen molar-refractivity contribution in [2.75, 3.05) is 77.0 Å². The Balaban J connectivity index is 1.08. The van der Waals surface area contributed by atoms with Gasteiger partial charge in [-0.25, -0.2) is 9.59 Å². The van der Waals surface area contributed by atoms with Gasteiger partial charge in [-0.3, -0.25) is 9.69 Å². The number of fused-ring (bicyclic) bond motifs is 1. The molecule has 4 N–H and O–H groups in total. The number of nitrogen functional groups attached to an aromatic ring is 1. The fourth-order valence-corrected chi connectivity index (χ4v) is 7.92. The molecule has 12 heteroatoms. The minimum atomic E-state index is -0.732. The maximum atomic E-state index is 14.1. The van der Waals surface area contributed by atoms with Crippen LogP contribution in [0, 0.1) is 6.92 Å². The molecule has 3 fully saturated rings. The lowest BCUT2D eigenvalue weighted by Crippen LogP contribution is -2.59. The number of anilines is 2. The number of para-hydroxylation sites is 1. The van der Waals surface area contributed by atoms with Crippen molar-refractivity contribution in [1.29, 1.82) is 0 Å². The monoisotopic (exact) mass is 664 g/mol. The molecule has 254 valence electrons. The summed E-state index contributed by atoms with van der Waals surface area (Å²) in [6.07, 6.45) is 4.80. The number of piperazine rings is 1. The zero-order chi connectivity index (χ0) is 33.1. The molecule has 0 saturated carbocycles. The molecule has 0 aliphatic carbocycles. The summed E-state index contributed by atoms with van der Waals surface area (Å²) in [7, 11) is 2.17. The number of carbonyl (C=O) groups excluding carboxylic acids is 3. The van der Waals surface area contributed by atoms with E-state index < -0.39 is 6.04 Å².